The van der Waals surface area contributed by atoms with Crippen LogP contribution in [0.3, 0.4) is 0 Å². The lowest BCUT2D eigenvalue weighted by atomic mass is 10.1. The number of benzene rings is 3. The fraction of sp³-hybridized carbons (Fsp3) is 0.333. The van der Waals surface area contributed by atoms with E-state index in [0.717, 1.165) is 11.1 Å². The molecule has 0 spiro atoms. The van der Waals surface area contributed by atoms with Crippen molar-refractivity contribution in [3.05, 3.63) is 101 Å². The van der Waals surface area contributed by atoms with Crippen LogP contribution in [0.25, 0.3) is 6.08 Å². The number of ether oxygens (including phenoxy) is 1. The monoisotopic (exact) mass is 648 g/mol. The molecule has 46 heavy (non-hydrogen) atoms. The largest absolute Gasteiger partial charge is 0.496 e. The summed E-state index contributed by atoms with van der Waals surface area (Å²) in [7, 11) is 1.58. The normalized spacial score (nSPS) is 14.4. The highest BCUT2D eigenvalue weighted by atomic mass is 19.4. The van der Waals surface area contributed by atoms with Gasteiger partial charge in [-0.25, -0.2) is 4.79 Å². The van der Waals surface area contributed by atoms with Crippen molar-refractivity contribution in [2.45, 2.75) is 19.3 Å². The molecule has 3 amide bonds. The molecule has 0 aliphatic carbocycles. The Kier molecular flexibility index (Phi) is 11.0. The zero-order chi connectivity index (χ0) is 33.5. The van der Waals surface area contributed by atoms with Crippen LogP contribution in [-0.4, -0.2) is 79.6 Å². The van der Waals surface area contributed by atoms with Gasteiger partial charge >= 0.3 is 18.4 Å². The van der Waals surface area contributed by atoms with Crippen molar-refractivity contribution in [3.63, 3.8) is 0 Å². The van der Waals surface area contributed by atoms with E-state index in [0.29, 0.717) is 56.2 Å². The molecule has 246 valence electrons. The number of methoxy groups -OCH3 is 1. The summed E-state index contributed by atoms with van der Waals surface area (Å²) in [5.41, 5.74) is -1.19. The van der Waals surface area contributed by atoms with Crippen molar-refractivity contribution >= 4 is 23.7 Å². The number of urea groups is 1. The number of aryl methyl sites for hydroxylation is 1. The van der Waals surface area contributed by atoms with Crippen molar-refractivity contribution < 1.29 is 40.7 Å². The number of piperazine rings is 1. The van der Waals surface area contributed by atoms with Crippen molar-refractivity contribution in [1.82, 2.24) is 14.7 Å². The van der Waals surface area contributed by atoms with Crippen LogP contribution in [0.2, 0.25) is 0 Å². The quantitative estimate of drug-likeness (QED) is 0.253. The first-order chi connectivity index (χ1) is 21.7. The number of hydrogen-bond donors (Lipinski definition) is 1. The van der Waals surface area contributed by atoms with Gasteiger partial charge in [-0.05, 0) is 43.3 Å². The Labute approximate surface area is 263 Å². The molecule has 1 fully saturated rings. The topological polar surface area (TPSA) is 65.1 Å². The molecule has 3 aromatic carbocycles. The molecule has 1 N–H and O–H groups in total. The molecule has 0 aromatic heterocycles. The van der Waals surface area contributed by atoms with Gasteiger partial charge in [-0.2, -0.15) is 26.3 Å². The highest BCUT2D eigenvalue weighted by Gasteiger charge is 2.37. The van der Waals surface area contributed by atoms with Gasteiger partial charge in [-0.3, -0.25) is 9.69 Å². The van der Waals surface area contributed by atoms with Gasteiger partial charge in [0.05, 0.1) is 18.2 Å². The molecular weight excluding hydrogens is 614 g/mol. The Hall–Kier alpha value is -4.52. The summed E-state index contributed by atoms with van der Waals surface area (Å²) < 4.78 is 84.7. The molecule has 1 aliphatic rings. The maximum atomic E-state index is 13.4. The third-order valence-electron chi connectivity index (χ3n) is 7.53. The standard InChI is InChI=1S/C33H34F6N4O3/c1-23-9-11-25(12-10-23)30(44)42(13-5-7-24-6-3-4-8-29(24)46-2)17-14-41-15-18-43(19-16-41)31(45)40-28-21-26(32(34,35)36)20-27(22-28)33(37,38)39/h3-12,20-22H,13-19H2,1-2H3,(H,40,45)/b7-5+. The molecule has 0 unspecified atom stereocenters. The zero-order valence-corrected chi connectivity index (χ0v) is 25.3. The van der Waals surface area contributed by atoms with Gasteiger partial charge in [0.15, 0.2) is 0 Å². The van der Waals surface area contributed by atoms with E-state index in [4.69, 9.17) is 4.74 Å². The number of alkyl halides is 6. The Balaban J connectivity index is 1.37. The fourth-order valence-corrected chi connectivity index (χ4v) is 4.93. The van der Waals surface area contributed by atoms with Crippen LogP contribution in [0.15, 0.2) is 72.8 Å². The van der Waals surface area contributed by atoms with E-state index in [2.05, 4.69) is 5.32 Å². The SMILES string of the molecule is COc1ccccc1/C=C/CN(CCN1CCN(C(=O)Nc2cc(C(F)(F)F)cc(C(F)(F)F)c2)CC1)C(=O)c1ccc(C)cc1. The molecule has 0 saturated carbocycles. The van der Waals surface area contributed by atoms with Gasteiger partial charge in [0.25, 0.3) is 5.91 Å². The summed E-state index contributed by atoms with van der Waals surface area (Å²) >= 11 is 0. The summed E-state index contributed by atoms with van der Waals surface area (Å²) in [4.78, 5) is 31.3. The number of carbonyl (C=O) groups excluding carboxylic acids is 2. The van der Waals surface area contributed by atoms with Gasteiger partial charge < -0.3 is 19.9 Å². The number of anilines is 1. The summed E-state index contributed by atoms with van der Waals surface area (Å²) in [6, 6.07) is 14.9. The van der Waals surface area contributed by atoms with E-state index in [9.17, 15) is 35.9 Å². The number of para-hydroxylation sites is 1. The fourth-order valence-electron chi connectivity index (χ4n) is 4.93. The molecular formula is C33H34F6N4O3. The minimum atomic E-state index is -5.02. The Morgan fingerprint density at radius 2 is 1.50 bits per heavy atom. The minimum Gasteiger partial charge on any atom is -0.496 e. The summed E-state index contributed by atoms with van der Waals surface area (Å²) in [6.45, 7) is 4.29. The van der Waals surface area contributed by atoms with Crippen LogP contribution in [0.4, 0.5) is 36.8 Å². The number of halogens is 6. The van der Waals surface area contributed by atoms with Crippen molar-refractivity contribution in [3.8, 4) is 5.75 Å². The van der Waals surface area contributed by atoms with E-state index >= 15 is 0 Å². The third-order valence-corrected chi connectivity index (χ3v) is 7.53. The Morgan fingerprint density at radius 1 is 0.891 bits per heavy atom. The Bertz CT molecular complexity index is 1500. The van der Waals surface area contributed by atoms with Gasteiger partial charge in [0.2, 0.25) is 0 Å². The van der Waals surface area contributed by atoms with E-state index in [1.807, 2.05) is 60.4 Å². The van der Waals surface area contributed by atoms with E-state index in [1.54, 1.807) is 24.1 Å². The molecule has 7 nitrogen and oxygen atoms in total. The molecule has 1 saturated heterocycles. The summed E-state index contributed by atoms with van der Waals surface area (Å²) in [5.74, 6) is 0.549. The smallest absolute Gasteiger partial charge is 0.416 e. The maximum Gasteiger partial charge on any atom is 0.416 e. The third kappa shape index (κ3) is 9.25. The lowest BCUT2D eigenvalue weighted by Gasteiger charge is -2.35. The number of rotatable bonds is 9. The average Bonchev–Trinajstić information content (AvgIpc) is 3.02. The predicted molar refractivity (Wildman–Crippen MR) is 163 cm³/mol. The minimum absolute atomic E-state index is 0.00953. The van der Waals surface area contributed by atoms with Crippen molar-refractivity contribution in [2.24, 2.45) is 0 Å². The Morgan fingerprint density at radius 3 is 2.09 bits per heavy atom. The van der Waals surface area contributed by atoms with Crippen molar-refractivity contribution in [1.29, 1.82) is 0 Å². The van der Waals surface area contributed by atoms with Gasteiger partial charge in [0.1, 0.15) is 5.75 Å². The number of nitrogens with zero attached hydrogens (tertiary/aromatic N) is 3. The average molecular weight is 649 g/mol. The first kappa shape index (κ1) is 34.4. The lowest BCUT2D eigenvalue weighted by Crippen LogP contribution is -2.51. The number of amides is 3. The van der Waals surface area contributed by atoms with Gasteiger partial charge in [-0.1, -0.05) is 48.0 Å². The molecule has 4 rings (SSSR count). The van der Waals surface area contributed by atoms with Crippen LogP contribution in [0.5, 0.6) is 5.75 Å². The number of carbonyl (C=O) groups is 2. The highest BCUT2D eigenvalue weighted by Crippen LogP contribution is 2.37. The molecule has 0 atom stereocenters. The first-order valence-corrected chi connectivity index (χ1v) is 14.5. The number of hydrogen-bond acceptors (Lipinski definition) is 4. The molecule has 1 heterocycles. The second-order valence-corrected chi connectivity index (χ2v) is 10.8. The van der Waals surface area contributed by atoms with E-state index in [-0.39, 0.29) is 25.1 Å². The van der Waals surface area contributed by atoms with E-state index in [1.165, 1.54) is 4.90 Å². The van der Waals surface area contributed by atoms with Crippen molar-refractivity contribution in [2.75, 3.05) is 58.2 Å². The first-order valence-electron chi connectivity index (χ1n) is 14.5. The molecule has 13 heteroatoms. The van der Waals surface area contributed by atoms with E-state index < -0.39 is 35.2 Å². The predicted octanol–water partition coefficient (Wildman–Crippen LogP) is 7.05. The molecule has 0 radical (unpaired) electrons. The summed E-state index contributed by atoms with van der Waals surface area (Å²) in [6.07, 6.45) is -6.28. The van der Waals surface area contributed by atoms with Crippen LogP contribution >= 0.6 is 0 Å². The van der Waals surface area contributed by atoms with Crippen LogP contribution < -0.4 is 10.1 Å². The zero-order valence-electron chi connectivity index (χ0n) is 25.3. The summed E-state index contributed by atoms with van der Waals surface area (Å²) in [5, 5.41) is 2.18. The van der Waals surface area contributed by atoms with Gasteiger partial charge in [-0.15, -0.1) is 0 Å². The number of nitrogens with one attached hydrogen (secondary N) is 1. The second-order valence-electron chi connectivity index (χ2n) is 10.8. The lowest BCUT2D eigenvalue weighted by molar-refractivity contribution is -0.143. The van der Waals surface area contributed by atoms with Crippen LogP contribution in [-0.2, 0) is 12.4 Å². The van der Waals surface area contributed by atoms with Crippen LogP contribution in [0, 0.1) is 6.92 Å². The van der Waals surface area contributed by atoms with Gasteiger partial charge in [0, 0.05) is 62.6 Å². The second kappa shape index (κ2) is 14.7. The molecule has 1 aliphatic heterocycles. The maximum absolute atomic E-state index is 13.4. The van der Waals surface area contributed by atoms with Crippen LogP contribution in [0.1, 0.15) is 32.6 Å². The molecule has 3 aromatic rings. The highest BCUT2D eigenvalue weighted by molar-refractivity contribution is 5.94. The molecule has 0 bridgehead atoms.